The van der Waals surface area contributed by atoms with Crippen molar-refractivity contribution in [3.8, 4) is 0 Å². The van der Waals surface area contributed by atoms with Gasteiger partial charge in [0, 0.05) is 13.2 Å². The normalized spacial score (nSPS) is 34.3. The van der Waals surface area contributed by atoms with Crippen LogP contribution in [0.4, 0.5) is 0 Å². The van der Waals surface area contributed by atoms with Crippen molar-refractivity contribution in [2.24, 2.45) is 0 Å². The summed E-state index contributed by atoms with van der Waals surface area (Å²) in [7, 11) is 0. The Balaban J connectivity index is 1.60. The summed E-state index contributed by atoms with van der Waals surface area (Å²) in [6, 6.07) is 0. The molecule has 2 rings (SSSR count). The smallest absolute Gasteiger partial charge is 0.116 e. The number of hydrogen-bond acceptors (Lipinski definition) is 4. The molecule has 4 heteroatoms. The van der Waals surface area contributed by atoms with E-state index in [4.69, 9.17) is 19.2 Å². The molecule has 0 aromatic heterocycles. The Morgan fingerprint density at radius 3 is 1.64 bits per heavy atom. The van der Waals surface area contributed by atoms with Gasteiger partial charge in [-0.25, -0.2) is 9.78 Å². The fraction of sp³-hybridized carbons (Fsp3) is 1.00. The summed E-state index contributed by atoms with van der Waals surface area (Å²) in [6.07, 6.45) is 4.43. The van der Waals surface area contributed by atoms with Crippen LogP contribution < -0.4 is 0 Å². The molecule has 2 saturated heterocycles. The first kappa shape index (κ1) is 10.4. The fourth-order valence-corrected chi connectivity index (χ4v) is 1.73. The van der Waals surface area contributed by atoms with Crippen molar-refractivity contribution in [3.05, 3.63) is 0 Å². The van der Waals surface area contributed by atoms with Crippen molar-refractivity contribution >= 4 is 0 Å². The van der Waals surface area contributed by atoms with Crippen molar-refractivity contribution < 1.29 is 19.2 Å². The van der Waals surface area contributed by atoms with E-state index in [1.165, 1.54) is 0 Å². The van der Waals surface area contributed by atoms with Crippen LogP contribution in [0, 0.1) is 0 Å². The Hall–Kier alpha value is -0.160. The summed E-state index contributed by atoms with van der Waals surface area (Å²) in [5.74, 6) is 0. The van der Waals surface area contributed by atoms with Gasteiger partial charge in [0.25, 0.3) is 0 Å². The molecule has 0 spiro atoms. The van der Waals surface area contributed by atoms with Crippen LogP contribution in [0.25, 0.3) is 0 Å². The average molecular weight is 202 g/mol. The molecule has 2 unspecified atom stereocenters. The second-order valence-corrected chi connectivity index (χ2v) is 3.87. The molecule has 2 aliphatic rings. The van der Waals surface area contributed by atoms with Gasteiger partial charge in [0.2, 0.25) is 0 Å². The Morgan fingerprint density at radius 2 is 1.29 bits per heavy atom. The molecule has 0 aromatic carbocycles. The summed E-state index contributed by atoms with van der Waals surface area (Å²) in [5, 5.41) is 0. The summed E-state index contributed by atoms with van der Waals surface area (Å²) in [4.78, 5) is 10.6. The lowest BCUT2D eigenvalue weighted by Crippen LogP contribution is -2.31. The van der Waals surface area contributed by atoms with Crippen LogP contribution in [0.15, 0.2) is 0 Å². The van der Waals surface area contributed by atoms with Gasteiger partial charge in [0.05, 0.1) is 13.2 Å². The molecule has 0 radical (unpaired) electrons. The van der Waals surface area contributed by atoms with E-state index < -0.39 is 0 Å². The summed E-state index contributed by atoms with van der Waals surface area (Å²) >= 11 is 0. The molecular weight excluding hydrogens is 184 g/mol. The van der Waals surface area contributed by atoms with E-state index in [0.29, 0.717) is 13.2 Å². The largest absolute Gasteiger partial charge is 0.379 e. The quantitative estimate of drug-likeness (QED) is 0.510. The molecule has 82 valence electrons. The molecule has 0 aliphatic carbocycles. The minimum atomic E-state index is 0.116. The first-order chi connectivity index (χ1) is 6.95. The third-order valence-electron chi connectivity index (χ3n) is 2.56. The van der Waals surface area contributed by atoms with Gasteiger partial charge in [-0.3, -0.25) is 0 Å². The highest BCUT2D eigenvalue weighted by Crippen LogP contribution is 2.14. The van der Waals surface area contributed by atoms with Gasteiger partial charge < -0.3 is 9.47 Å². The van der Waals surface area contributed by atoms with E-state index in [-0.39, 0.29) is 12.2 Å². The van der Waals surface area contributed by atoms with E-state index in [0.717, 1.165) is 38.9 Å². The zero-order chi connectivity index (χ0) is 9.64. The monoisotopic (exact) mass is 202 g/mol. The maximum atomic E-state index is 5.32. The van der Waals surface area contributed by atoms with E-state index in [9.17, 15) is 0 Å². The second-order valence-electron chi connectivity index (χ2n) is 3.87. The Labute approximate surface area is 84.4 Å². The lowest BCUT2D eigenvalue weighted by atomic mass is 10.2. The molecule has 2 fully saturated rings. The summed E-state index contributed by atoms with van der Waals surface area (Å²) in [6.45, 7) is 3.03. The molecule has 0 saturated carbocycles. The number of rotatable bonds is 3. The molecule has 2 atom stereocenters. The van der Waals surface area contributed by atoms with E-state index in [2.05, 4.69) is 0 Å². The average Bonchev–Trinajstić information content (AvgIpc) is 2.29. The summed E-state index contributed by atoms with van der Waals surface area (Å²) in [5.41, 5.74) is 0. The van der Waals surface area contributed by atoms with Crippen LogP contribution in [0.2, 0.25) is 0 Å². The van der Waals surface area contributed by atoms with Crippen LogP contribution in [0.3, 0.4) is 0 Å². The maximum absolute atomic E-state index is 5.32. The third-order valence-corrected chi connectivity index (χ3v) is 2.56. The van der Waals surface area contributed by atoms with Crippen LogP contribution in [0.5, 0.6) is 0 Å². The summed E-state index contributed by atoms with van der Waals surface area (Å²) < 4.78 is 10.6. The Bertz CT molecular complexity index is 132. The molecule has 0 aromatic rings. The van der Waals surface area contributed by atoms with Crippen molar-refractivity contribution in [3.63, 3.8) is 0 Å². The SMILES string of the molecule is C1COCC(OOC2CCCOC2)C1. The standard InChI is InChI=1S/C10H18O4/c1-3-9(7-11-5-1)13-14-10-4-2-6-12-8-10/h9-10H,1-8H2. The lowest BCUT2D eigenvalue weighted by Gasteiger charge is -2.26. The van der Waals surface area contributed by atoms with Gasteiger partial charge in [-0.1, -0.05) is 0 Å². The molecule has 0 amide bonds. The zero-order valence-corrected chi connectivity index (χ0v) is 8.44. The highest BCUT2D eigenvalue weighted by atomic mass is 17.2. The third kappa shape index (κ3) is 3.20. The molecule has 4 nitrogen and oxygen atoms in total. The minimum Gasteiger partial charge on any atom is -0.379 e. The van der Waals surface area contributed by atoms with Crippen LogP contribution in [-0.4, -0.2) is 38.6 Å². The highest BCUT2D eigenvalue weighted by Gasteiger charge is 2.20. The first-order valence-electron chi connectivity index (χ1n) is 5.43. The fourth-order valence-electron chi connectivity index (χ4n) is 1.73. The topological polar surface area (TPSA) is 36.9 Å². The van der Waals surface area contributed by atoms with Crippen LogP contribution in [0.1, 0.15) is 25.7 Å². The number of ether oxygens (including phenoxy) is 2. The van der Waals surface area contributed by atoms with Gasteiger partial charge >= 0.3 is 0 Å². The van der Waals surface area contributed by atoms with Gasteiger partial charge in [0.15, 0.2) is 0 Å². The van der Waals surface area contributed by atoms with E-state index >= 15 is 0 Å². The van der Waals surface area contributed by atoms with Gasteiger partial charge in [0.1, 0.15) is 12.2 Å². The zero-order valence-electron chi connectivity index (χ0n) is 8.44. The Morgan fingerprint density at radius 1 is 0.786 bits per heavy atom. The molecule has 2 heterocycles. The molecule has 2 aliphatic heterocycles. The molecular formula is C10H18O4. The van der Waals surface area contributed by atoms with Crippen LogP contribution >= 0.6 is 0 Å². The highest BCUT2D eigenvalue weighted by molar-refractivity contribution is 4.62. The maximum Gasteiger partial charge on any atom is 0.116 e. The first-order valence-corrected chi connectivity index (χ1v) is 5.43. The molecule has 0 bridgehead atoms. The van der Waals surface area contributed by atoms with Crippen molar-refractivity contribution in [1.82, 2.24) is 0 Å². The second kappa shape index (κ2) is 5.66. The Kier molecular flexibility index (Phi) is 4.19. The van der Waals surface area contributed by atoms with Crippen molar-refractivity contribution in [1.29, 1.82) is 0 Å². The number of hydrogen-bond donors (Lipinski definition) is 0. The van der Waals surface area contributed by atoms with Gasteiger partial charge in [-0.05, 0) is 25.7 Å². The predicted molar refractivity (Wildman–Crippen MR) is 49.9 cm³/mol. The van der Waals surface area contributed by atoms with E-state index in [1.807, 2.05) is 0 Å². The van der Waals surface area contributed by atoms with Crippen molar-refractivity contribution in [2.45, 2.75) is 37.9 Å². The lowest BCUT2D eigenvalue weighted by molar-refractivity contribution is -0.369. The van der Waals surface area contributed by atoms with E-state index in [1.54, 1.807) is 0 Å². The predicted octanol–water partition coefficient (Wildman–Crippen LogP) is 1.29. The van der Waals surface area contributed by atoms with Gasteiger partial charge in [-0.2, -0.15) is 0 Å². The molecule has 0 N–H and O–H groups in total. The van der Waals surface area contributed by atoms with Crippen molar-refractivity contribution in [2.75, 3.05) is 26.4 Å². The van der Waals surface area contributed by atoms with Gasteiger partial charge in [-0.15, -0.1) is 0 Å². The van der Waals surface area contributed by atoms with Crippen LogP contribution in [-0.2, 0) is 19.2 Å². The molecule has 14 heavy (non-hydrogen) atoms. The minimum absolute atomic E-state index is 0.116.